The van der Waals surface area contributed by atoms with Gasteiger partial charge in [0.25, 0.3) is 5.91 Å². The van der Waals surface area contributed by atoms with E-state index in [-0.39, 0.29) is 22.2 Å². The highest BCUT2D eigenvalue weighted by Crippen LogP contribution is 2.22. The van der Waals surface area contributed by atoms with Crippen molar-refractivity contribution < 1.29 is 22.4 Å². The average Bonchev–Trinajstić information content (AvgIpc) is 3.41. The summed E-state index contributed by atoms with van der Waals surface area (Å²) in [4.78, 5) is 17.6. The lowest BCUT2D eigenvalue weighted by atomic mass is 10.3. The van der Waals surface area contributed by atoms with Crippen LogP contribution in [0.15, 0.2) is 76.0 Å². The van der Waals surface area contributed by atoms with E-state index in [2.05, 4.69) is 10.3 Å². The van der Waals surface area contributed by atoms with E-state index in [0.29, 0.717) is 25.7 Å². The first-order chi connectivity index (χ1) is 16.0. The van der Waals surface area contributed by atoms with Gasteiger partial charge in [-0.1, -0.05) is 30.3 Å². The summed E-state index contributed by atoms with van der Waals surface area (Å²) in [7, 11) is -3.58. The van der Waals surface area contributed by atoms with Crippen LogP contribution >= 0.6 is 0 Å². The van der Waals surface area contributed by atoms with E-state index in [0.717, 1.165) is 17.5 Å². The number of aromatic nitrogens is 2. The van der Waals surface area contributed by atoms with Crippen molar-refractivity contribution in [3.63, 3.8) is 0 Å². The molecule has 8 nitrogen and oxygen atoms in total. The number of rotatable bonds is 10. The van der Waals surface area contributed by atoms with E-state index in [1.165, 1.54) is 24.3 Å². The highest BCUT2D eigenvalue weighted by atomic mass is 32.2. The van der Waals surface area contributed by atoms with Crippen LogP contribution in [0, 0.1) is 0 Å². The minimum Gasteiger partial charge on any atom is -0.455 e. The summed E-state index contributed by atoms with van der Waals surface area (Å²) in [6, 6.07) is 18.7. The summed E-state index contributed by atoms with van der Waals surface area (Å²) >= 11 is 0. The lowest BCUT2D eigenvalue weighted by Gasteiger charge is -2.09. The SMILES string of the molecule is CCOCCCn1c(NC(=O)c2ccc(CS(=O)(=O)c3ccccc3)o2)nc2ccccc21. The zero-order valence-corrected chi connectivity index (χ0v) is 19.0. The number of fused-ring (bicyclic) bond motifs is 1. The topological polar surface area (TPSA) is 103 Å². The molecule has 1 N–H and O–H groups in total. The number of hydrogen-bond donors (Lipinski definition) is 1. The quantitative estimate of drug-likeness (QED) is 0.349. The molecule has 2 aromatic heterocycles. The van der Waals surface area contributed by atoms with Crippen molar-refractivity contribution in [2.45, 2.75) is 30.5 Å². The fourth-order valence-electron chi connectivity index (χ4n) is 3.51. The van der Waals surface area contributed by atoms with Gasteiger partial charge >= 0.3 is 0 Å². The van der Waals surface area contributed by atoms with Crippen LogP contribution in [0.1, 0.15) is 29.7 Å². The molecule has 0 aliphatic heterocycles. The molecular formula is C24H25N3O5S. The first kappa shape index (κ1) is 22.8. The Balaban J connectivity index is 1.50. The normalized spacial score (nSPS) is 11.7. The van der Waals surface area contributed by atoms with Gasteiger partial charge < -0.3 is 13.7 Å². The Morgan fingerprint density at radius 2 is 1.82 bits per heavy atom. The zero-order valence-electron chi connectivity index (χ0n) is 18.2. The summed E-state index contributed by atoms with van der Waals surface area (Å²) < 4.78 is 38.1. The minimum atomic E-state index is -3.58. The van der Waals surface area contributed by atoms with Gasteiger partial charge in [-0.25, -0.2) is 13.4 Å². The Kier molecular flexibility index (Phi) is 6.90. The molecule has 0 spiro atoms. The molecule has 9 heteroatoms. The van der Waals surface area contributed by atoms with Gasteiger partial charge in [0, 0.05) is 19.8 Å². The Morgan fingerprint density at radius 3 is 2.61 bits per heavy atom. The first-order valence-electron chi connectivity index (χ1n) is 10.7. The van der Waals surface area contributed by atoms with Crippen LogP contribution in [-0.2, 0) is 26.9 Å². The molecule has 2 heterocycles. The van der Waals surface area contributed by atoms with Crippen molar-refractivity contribution in [3.8, 4) is 0 Å². The number of imidazole rings is 1. The van der Waals surface area contributed by atoms with E-state index >= 15 is 0 Å². The maximum Gasteiger partial charge on any atom is 0.293 e. The maximum absolute atomic E-state index is 12.8. The highest BCUT2D eigenvalue weighted by molar-refractivity contribution is 7.90. The number of aryl methyl sites for hydroxylation is 1. The molecule has 0 atom stereocenters. The van der Waals surface area contributed by atoms with Gasteiger partial charge in [0.15, 0.2) is 15.6 Å². The Bertz CT molecular complexity index is 1340. The standard InChI is InChI=1S/C24H25N3O5S/c1-2-31-16-8-15-27-21-12-7-6-11-20(21)25-24(27)26-23(28)22-14-13-18(32-22)17-33(29,30)19-9-4-3-5-10-19/h3-7,9-14H,2,8,15-17H2,1H3,(H,25,26,28). The number of para-hydroxylation sites is 2. The fraction of sp³-hybridized carbons (Fsp3) is 0.250. The van der Waals surface area contributed by atoms with Crippen molar-refractivity contribution >= 4 is 32.7 Å². The molecular weight excluding hydrogens is 442 g/mol. The van der Waals surface area contributed by atoms with Crippen LogP contribution in [0.5, 0.6) is 0 Å². The lowest BCUT2D eigenvalue weighted by Crippen LogP contribution is -2.16. The van der Waals surface area contributed by atoms with E-state index in [4.69, 9.17) is 9.15 Å². The number of nitrogens with zero attached hydrogens (tertiary/aromatic N) is 2. The van der Waals surface area contributed by atoms with Crippen LogP contribution in [0.2, 0.25) is 0 Å². The summed E-state index contributed by atoms with van der Waals surface area (Å²) in [6.07, 6.45) is 0.763. The second kappa shape index (κ2) is 10.0. The highest BCUT2D eigenvalue weighted by Gasteiger charge is 2.20. The molecule has 1 amide bonds. The summed E-state index contributed by atoms with van der Waals surface area (Å²) in [5.74, 6) is -0.233. The number of sulfone groups is 1. The molecule has 4 aromatic rings. The van der Waals surface area contributed by atoms with E-state index in [1.54, 1.807) is 18.2 Å². The van der Waals surface area contributed by atoms with Crippen molar-refractivity contribution in [2.24, 2.45) is 0 Å². The number of carbonyl (C=O) groups excluding carboxylic acids is 1. The molecule has 0 saturated heterocycles. The molecule has 33 heavy (non-hydrogen) atoms. The van der Waals surface area contributed by atoms with Crippen LogP contribution in [0.25, 0.3) is 11.0 Å². The van der Waals surface area contributed by atoms with Gasteiger partial charge in [-0.3, -0.25) is 10.1 Å². The summed E-state index contributed by atoms with van der Waals surface area (Å²) in [5, 5.41) is 2.79. The van der Waals surface area contributed by atoms with Crippen molar-refractivity contribution in [3.05, 3.63) is 78.3 Å². The second-order valence-electron chi connectivity index (χ2n) is 7.42. The van der Waals surface area contributed by atoms with E-state index < -0.39 is 15.7 Å². The predicted molar refractivity (Wildman–Crippen MR) is 125 cm³/mol. The third-order valence-electron chi connectivity index (χ3n) is 5.07. The molecule has 4 rings (SSSR count). The van der Waals surface area contributed by atoms with Crippen molar-refractivity contribution in [1.82, 2.24) is 9.55 Å². The number of hydrogen-bond acceptors (Lipinski definition) is 6. The number of anilines is 1. The Morgan fingerprint density at radius 1 is 1.06 bits per heavy atom. The monoisotopic (exact) mass is 467 g/mol. The number of benzene rings is 2. The molecule has 0 aliphatic carbocycles. The van der Waals surface area contributed by atoms with Gasteiger partial charge in [0.05, 0.1) is 15.9 Å². The Hall–Kier alpha value is -3.43. The largest absolute Gasteiger partial charge is 0.455 e. The molecule has 0 unspecified atom stereocenters. The number of carbonyl (C=O) groups is 1. The van der Waals surface area contributed by atoms with Crippen LogP contribution in [-0.4, -0.2) is 37.1 Å². The molecule has 0 bridgehead atoms. The number of amides is 1. The van der Waals surface area contributed by atoms with Crippen molar-refractivity contribution in [2.75, 3.05) is 18.5 Å². The van der Waals surface area contributed by atoms with E-state index in [9.17, 15) is 13.2 Å². The minimum absolute atomic E-state index is 0.0150. The van der Waals surface area contributed by atoms with Gasteiger partial charge in [0.2, 0.25) is 5.95 Å². The lowest BCUT2D eigenvalue weighted by molar-refractivity contribution is 0.0994. The molecule has 2 aromatic carbocycles. The third kappa shape index (κ3) is 5.32. The second-order valence-corrected chi connectivity index (χ2v) is 9.41. The molecule has 0 fully saturated rings. The van der Waals surface area contributed by atoms with Gasteiger partial charge in [-0.15, -0.1) is 0 Å². The van der Waals surface area contributed by atoms with Gasteiger partial charge in [0.1, 0.15) is 11.5 Å². The molecule has 0 saturated carbocycles. The molecule has 172 valence electrons. The van der Waals surface area contributed by atoms with Crippen LogP contribution < -0.4 is 5.32 Å². The van der Waals surface area contributed by atoms with E-state index in [1.807, 2.05) is 35.8 Å². The van der Waals surface area contributed by atoms with Gasteiger partial charge in [-0.05, 0) is 49.7 Å². The number of nitrogens with one attached hydrogen (secondary N) is 1. The zero-order chi connectivity index (χ0) is 23.3. The van der Waals surface area contributed by atoms with Crippen LogP contribution in [0.3, 0.4) is 0 Å². The first-order valence-corrected chi connectivity index (χ1v) is 12.3. The summed E-state index contributed by atoms with van der Waals surface area (Å²) in [5.41, 5.74) is 1.66. The van der Waals surface area contributed by atoms with Gasteiger partial charge in [-0.2, -0.15) is 0 Å². The number of ether oxygens (including phenoxy) is 1. The number of furan rings is 1. The smallest absolute Gasteiger partial charge is 0.293 e. The molecule has 0 aliphatic rings. The predicted octanol–water partition coefficient (Wildman–Crippen LogP) is 4.28. The molecule has 0 radical (unpaired) electrons. The van der Waals surface area contributed by atoms with Crippen LogP contribution in [0.4, 0.5) is 5.95 Å². The maximum atomic E-state index is 12.8. The summed E-state index contributed by atoms with van der Waals surface area (Å²) in [6.45, 7) is 3.82. The average molecular weight is 468 g/mol. The van der Waals surface area contributed by atoms with Crippen molar-refractivity contribution in [1.29, 1.82) is 0 Å². The third-order valence-corrected chi connectivity index (χ3v) is 6.73. The Labute approximate surface area is 192 Å². The fourth-order valence-corrected chi connectivity index (χ4v) is 4.77.